The van der Waals surface area contributed by atoms with Gasteiger partial charge < -0.3 is 4.98 Å². The fourth-order valence-corrected chi connectivity index (χ4v) is 1.29. The van der Waals surface area contributed by atoms with Gasteiger partial charge in [-0.15, -0.1) is 35.4 Å². The average Bonchev–Trinajstić information content (AvgIpc) is 2.21. The molecular formula is C13H12IrN-. The van der Waals surface area contributed by atoms with Crippen molar-refractivity contribution in [1.82, 2.24) is 4.98 Å². The number of benzene rings is 1. The molecule has 2 heteroatoms. The Kier molecular flexibility index (Phi) is 4.19. The van der Waals surface area contributed by atoms with Crippen LogP contribution in [0.4, 0.5) is 0 Å². The van der Waals surface area contributed by atoms with Crippen LogP contribution < -0.4 is 0 Å². The molecule has 1 aromatic heterocycles. The molecule has 1 radical (unpaired) electrons. The molecule has 1 nitrogen and oxygen atoms in total. The first-order valence-corrected chi connectivity index (χ1v) is 4.67. The third-order valence-corrected chi connectivity index (χ3v) is 2.16. The standard InChI is InChI=1S/C13H12N.Ir/c1-10-3-6-12(7-4-10)13-8-5-11(2)9-14-13;/h3-6,8-9H,1-2H3;/q-1;. The van der Waals surface area contributed by atoms with Crippen LogP contribution in [0, 0.1) is 19.9 Å². The maximum absolute atomic E-state index is 4.35. The number of aromatic nitrogens is 1. The van der Waals surface area contributed by atoms with Gasteiger partial charge in [-0.05, 0) is 18.2 Å². The van der Waals surface area contributed by atoms with Crippen LogP contribution in [0.3, 0.4) is 0 Å². The van der Waals surface area contributed by atoms with Crippen LogP contribution in [0.15, 0.2) is 36.5 Å². The predicted octanol–water partition coefficient (Wildman–Crippen LogP) is 3.16. The van der Waals surface area contributed by atoms with Crippen LogP contribution in [0.25, 0.3) is 11.3 Å². The third-order valence-electron chi connectivity index (χ3n) is 2.16. The quantitative estimate of drug-likeness (QED) is 0.699. The van der Waals surface area contributed by atoms with E-state index >= 15 is 0 Å². The smallest absolute Gasteiger partial charge is 0.0190 e. The zero-order chi connectivity index (χ0) is 9.97. The molecule has 0 aliphatic rings. The van der Waals surface area contributed by atoms with Gasteiger partial charge >= 0.3 is 0 Å². The number of rotatable bonds is 1. The van der Waals surface area contributed by atoms with Crippen molar-refractivity contribution < 1.29 is 20.1 Å². The van der Waals surface area contributed by atoms with E-state index < -0.39 is 0 Å². The van der Waals surface area contributed by atoms with Crippen molar-refractivity contribution in [3.8, 4) is 11.3 Å². The number of hydrogen-bond acceptors (Lipinski definition) is 1. The van der Waals surface area contributed by atoms with Crippen LogP contribution in [-0.2, 0) is 20.1 Å². The minimum absolute atomic E-state index is 0. The molecule has 0 N–H and O–H groups in total. The van der Waals surface area contributed by atoms with E-state index in [0.29, 0.717) is 0 Å². The first-order chi connectivity index (χ1) is 6.75. The van der Waals surface area contributed by atoms with E-state index in [-0.39, 0.29) is 20.1 Å². The molecule has 0 amide bonds. The fourth-order valence-electron chi connectivity index (χ4n) is 1.29. The SMILES string of the molecule is Cc1c[c-]c(-c2ccc(C)cn2)cc1.[Ir]. The molecule has 2 aromatic rings. The Morgan fingerprint density at radius 1 is 1.00 bits per heavy atom. The summed E-state index contributed by atoms with van der Waals surface area (Å²) < 4.78 is 0. The molecule has 0 fully saturated rings. The summed E-state index contributed by atoms with van der Waals surface area (Å²) in [5.74, 6) is 0. The van der Waals surface area contributed by atoms with Crippen molar-refractivity contribution >= 4 is 0 Å². The van der Waals surface area contributed by atoms with Crippen LogP contribution in [0.1, 0.15) is 11.1 Å². The zero-order valence-electron chi connectivity index (χ0n) is 8.74. The Hall–Kier alpha value is -0.981. The Morgan fingerprint density at radius 3 is 2.27 bits per heavy atom. The van der Waals surface area contributed by atoms with E-state index in [1.807, 2.05) is 31.3 Å². The first-order valence-electron chi connectivity index (χ1n) is 4.67. The Morgan fingerprint density at radius 2 is 1.73 bits per heavy atom. The fraction of sp³-hybridized carbons (Fsp3) is 0.154. The van der Waals surface area contributed by atoms with E-state index in [1.165, 1.54) is 11.1 Å². The minimum Gasteiger partial charge on any atom is -0.304 e. The Balaban J connectivity index is 0.00000112. The first kappa shape index (κ1) is 12.1. The summed E-state index contributed by atoms with van der Waals surface area (Å²) in [4.78, 5) is 4.35. The summed E-state index contributed by atoms with van der Waals surface area (Å²) in [5.41, 5.74) is 4.44. The van der Waals surface area contributed by atoms with Crippen molar-refractivity contribution in [1.29, 1.82) is 0 Å². The molecule has 0 aliphatic carbocycles. The summed E-state index contributed by atoms with van der Waals surface area (Å²) in [6.07, 6.45) is 1.88. The van der Waals surface area contributed by atoms with Gasteiger partial charge in [-0.2, -0.15) is 0 Å². The van der Waals surface area contributed by atoms with Gasteiger partial charge in [0.1, 0.15) is 0 Å². The average molecular weight is 374 g/mol. The second-order valence-corrected chi connectivity index (χ2v) is 3.50. The van der Waals surface area contributed by atoms with Gasteiger partial charge in [0, 0.05) is 26.3 Å². The van der Waals surface area contributed by atoms with Crippen molar-refractivity contribution in [2.45, 2.75) is 13.8 Å². The molecule has 0 atom stereocenters. The second-order valence-electron chi connectivity index (χ2n) is 3.50. The molecule has 0 saturated carbocycles. The molecule has 2 rings (SSSR count). The molecule has 0 bridgehead atoms. The number of nitrogens with zero attached hydrogens (tertiary/aromatic N) is 1. The van der Waals surface area contributed by atoms with Crippen molar-refractivity contribution in [2.75, 3.05) is 0 Å². The largest absolute Gasteiger partial charge is 0.304 e. The van der Waals surface area contributed by atoms with Gasteiger partial charge in [-0.25, -0.2) is 0 Å². The summed E-state index contributed by atoms with van der Waals surface area (Å²) >= 11 is 0. The Labute approximate surface area is 104 Å². The van der Waals surface area contributed by atoms with Crippen LogP contribution in [-0.4, -0.2) is 4.98 Å². The van der Waals surface area contributed by atoms with Gasteiger partial charge in [-0.3, -0.25) is 0 Å². The van der Waals surface area contributed by atoms with Crippen molar-refractivity contribution in [3.63, 3.8) is 0 Å². The molecule has 0 aliphatic heterocycles. The van der Waals surface area contributed by atoms with Gasteiger partial charge in [0.2, 0.25) is 0 Å². The number of hydrogen-bond donors (Lipinski definition) is 0. The van der Waals surface area contributed by atoms with Crippen LogP contribution in [0.2, 0.25) is 0 Å². The molecule has 1 heterocycles. The molecule has 79 valence electrons. The molecule has 0 saturated heterocycles. The minimum atomic E-state index is 0. The van der Waals surface area contributed by atoms with Gasteiger partial charge in [0.05, 0.1) is 0 Å². The number of pyridine rings is 1. The third kappa shape index (κ3) is 2.98. The maximum Gasteiger partial charge on any atom is 0.0190 e. The molecule has 15 heavy (non-hydrogen) atoms. The summed E-state index contributed by atoms with van der Waals surface area (Å²) in [6.45, 7) is 4.10. The zero-order valence-corrected chi connectivity index (χ0v) is 11.1. The van der Waals surface area contributed by atoms with E-state index in [2.05, 4.69) is 30.1 Å². The van der Waals surface area contributed by atoms with Crippen molar-refractivity contribution in [3.05, 3.63) is 53.7 Å². The number of aryl methyl sites for hydroxylation is 2. The maximum atomic E-state index is 4.35. The van der Waals surface area contributed by atoms with Crippen LogP contribution in [0.5, 0.6) is 0 Å². The van der Waals surface area contributed by atoms with Gasteiger partial charge in [-0.1, -0.05) is 19.1 Å². The van der Waals surface area contributed by atoms with E-state index in [1.54, 1.807) is 0 Å². The summed E-state index contributed by atoms with van der Waals surface area (Å²) in [6, 6.07) is 13.4. The summed E-state index contributed by atoms with van der Waals surface area (Å²) in [5, 5.41) is 0. The molecule has 1 aromatic carbocycles. The predicted molar refractivity (Wildman–Crippen MR) is 58.0 cm³/mol. The normalized spacial score (nSPS) is 9.47. The molecule has 0 unspecified atom stereocenters. The topological polar surface area (TPSA) is 12.9 Å². The Bertz CT molecular complexity index is 374. The van der Waals surface area contributed by atoms with Crippen LogP contribution >= 0.6 is 0 Å². The van der Waals surface area contributed by atoms with Gasteiger partial charge in [0.15, 0.2) is 0 Å². The molecular weight excluding hydrogens is 362 g/mol. The second kappa shape index (κ2) is 5.20. The van der Waals surface area contributed by atoms with E-state index in [0.717, 1.165) is 11.3 Å². The molecule has 0 spiro atoms. The van der Waals surface area contributed by atoms with E-state index in [9.17, 15) is 0 Å². The van der Waals surface area contributed by atoms with Gasteiger partial charge in [0.25, 0.3) is 0 Å². The van der Waals surface area contributed by atoms with E-state index in [4.69, 9.17) is 0 Å². The van der Waals surface area contributed by atoms with Crippen molar-refractivity contribution in [2.24, 2.45) is 0 Å². The summed E-state index contributed by atoms with van der Waals surface area (Å²) in [7, 11) is 0. The monoisotopic (exact) mass is 375 g/mol.